The zero-order valence-corrected chi connectivity index (χ0v) is 17.5. The molecule has 7 nitrogen and oxygen atoms in total. The molecular weight excluding hydrogens is 446 g/mol. The molecule has 3 N–H and O–H groups in total. The second-order valence-electron chi connectivity index (χ2n) is 6.71. The summed E-state index contributed by atoms with van der Waals surface area (Å²) < 4.78 is 67.3. The molecule has 0 fully saturated rings. The van der Waals surface area contributed by atoms with E-state index in [0.717, 1.165) is 12.1 Å². The molecule has 176 valence electrons. The summed E-state index contributed by atoms with van der Waals surface area (Å²) in [4.78, 5) is 16.7. The van der Waals surface area contributed by atoms with Crippen LogP contribution in [0.1, 0.15) is 28.7 Å². The number of hydrogen-bond acceptors (Lipinski definition) is 6. The third kappa shape index (κ3) is 6.01. The molecule has 0 atom stereocenters. The van der Waals surface area contributed by atoms with E-state index in [1.54, 1.807) is 6.92 Å². The Morgan fingerprint density at radius 2 is 1.97 bits per heavy atom. The Hall–Kier alpha value is -3.60. The average molecular weight is 467 g/mol. The number of rotatable bonds is 10. The standard InChI is InChI=1S/C22H21F4N3O4/c1-2-31-17-9-13(4-6-16(17)33-22(25)26)21-29-19(18(11-27)32-21)20(30)28-8-7-12-3-5-14(23)10-15(12)24/h3-6,9-10,22H,2,7-8,11,27H2,1H3,(H,28,30). The molecule has 0 saturated heterocycles. The van der Waals surface area contributed by atoms with E-state index in [4.69, 9.17) is 14.9 Å². The number of ether oxygens (including phenoxy) is 2. The fourth-order valence-corrected chi connectivity index (χ4v) is 3.01. The van der Waals surface area contributed by atoms with Crippen molar-refractivity contribution < 1.29 is 36.2 Å². The minimum absolute atomic E-state index is 0.0229. The van der Waals surface area contributed by atoms with Crippen LogP contribution in [0.25, 0.3) is 11.5 Å². The van der Waals surface area contributed by atoms with E-state index in [1.165, 1.54) is 24.3 Å². The fourth-order valence-electron chi connectivity index (χ4n) is 3.01. The maximum absolute atomic E-state index is 13.7. The van der Waals surface area contributed by atoms with Crippen LogP contribution in [0.4, 0.5) is 17.6 Å². The Morgan fingerprint density at radius 3 is 2.64 bits per heavy atom. The number of nitrogens with one attached hydrogen (secondary N) is 1. The summed E-state index contributed by atoms with van der Waals surface area (Å²) in [6, 6.07) is 7.29. The first-order valence-corrected chi connectivity index (χ1v) is 9.96. The summed E-state index contributed by atoms with van der Waals surface area (Å²) in [5.74, 6) is -1.99. The van der Waals surface area contributed by atoms with Crippen molar-refractivity contribution >= 4 is 5.91 Å². The van der Waals surface area contributed by atoms with Crippen LogP contribution in [-0.4, -0.2) is 30.7 Å². The van der Waals surface area contributed by atoms with E-state index in [9.17, 15) is 22.4 Å². The summed E-state index contributed by atoms with van der Waals surface area (Å²) in [5, 5.41) is 2.59. The van der Waals surface area contributed by atoms with Crippen molar-refractivity contribution in [3.05, 3.63) is 65.1 Å². The Morgan fingerprint density at radius 1 is 1.18 bits per heavy atom. The number of nitrogens with zero attached hydrogens (tertiary/aromatic N) is 1. The number of halogens is 4. The van der Waals surface area contributed by atoms with Gasteiger partial charge in [-0.3, -0.25) is 4.79 Å². The molecule has 0 bridgehead atoms. The maximum atomic E-state index is 13.7. The van der Waals surface area contributed by atoms with Gasteiger partial charge in [0.2, 0.25) is 5.89 Å². The number of carbonyl (C=O) groups excluding carboxylic acids is 1. The highest BCUT2D eigenvalue weighted by Crippen LogP contribution is 2.34. The van der Waals surface area contributed by atoms with E-state index in [2.05, 4.69) is 15.0 Å². The molecular formula is C22H21F4N3O4. The third-order valence-corrected chi connectivity index (χ3v) is 4.50. The van der Waals surface area contributed by atoms with Crippen molar-refractivity contribution in [1.82, 2.24) is 10.3 Å². The Bertz CT molecular complexity index is 1120. The first kappa shape index (κ1) is 24.1. The summed E-state index contributed by atoms with van der Waals surface area (Å²) in [6.07, 6.45) is 0.129. The minimum atomic E-state index is -3.03. The van der Waals surface area contributed by atoms with Gasteiger partial charge < -0.3 is 24.9 Å². The first-order chi connectivity index (χ1) is 15.8. The molecule has 0 unspecified atom stereocenters. The lowest BCUT2D eigenvalue weighted by Crippen LogP contribution is -2.27. The van der Waals surface area contributed by atoms with Gasteiger partial charge in [-0.15, -0.1) is 0 Å². The van der Waals surface area contributed by atoms with Crippen molar-refractivity contribution in [2.24, 2.45) is 5.73 Å². The van der Waals surface area contributed by atoms with Gasteiger partial charge in [-0.1, -0.05) is 6.07 Å². The van der Waals surface area contributed by atoms with Crippen LogP contribution in [0.2, 0.25) is 0 Å². The highest BCUT2D eigenvalue weighted by atomic mass is 19.3. The molecule has 1 amide bonds. The number of oxazole rings is 1. The second-order valence-corrected chi connectivity index (χ2v) is 6.71. The molecule has 0 aliphatic rings. The zero-order chi connectivity index (χ0) is 24.0. The number of alkyl halides is 2. The number of carbonyl (C=O) groups is 1. The van der Waals surface area contributed by atoms with Crippen LogP contribution in [0, 0.1) is 11.6 Å². The van der Waals surface area contributed by atoms with Crippen molar-refractivity contribution in [3.8, 4) is 23.0 Å². The number of aromatic nitrogens is 1. The molecule has 0 aliphatic heterocycles. The maximum Gasteiger partial charge on any atom is 0.387 e. The summed E-state index contributed by atoms with van der Waals surface area (Å²) in [7, 11) is 0. The fraction of sp³-hybridized carbons (Fsp3) is 0.273. The molecule has 0 radical (unpaired) electrons. The lowest BCUT2D eigenvalue weighted by Gasteiger charge is -2.11. The van der Waals surface area contributed by atoms with Gasteiger partial charge in [0.1, 0.15) is 11.6 Å². The van der Waals surface area contributed by atoms with Gasteiger partial charge >= 0.3 is 6.61 Å². The number of amides is 1. The van der Waals surface area contributed by atoms with Gasteiger partial charge in [-0.25, -0.2) is 13.8 Å². The largest absolute Gasteiger partial charge is 0.490 e. The SMILES string of the molecule is CCOc1cc(-c2nc(C(=O)NCCc3ccc(F)cc3F)c(CN)o2)ccc1OC(F)F. The molecule has 0 saturated carbocycles. The monoisotopic (exact) mass is 467 g/mol. The normalized spacial score (nSPS) is 11.0. The molecule has 1 aromatic heterocycles. The topological polar surface area (TPSA) is 99.6 Å². The first-order valence-electron chi connectivity index (χ1n) is 9.96. The van der Waals surface area contributed by atoms with Gasteiger partial charge in [0.05, 0.1) is 13.2 Å². The molecule has 2 aromatic carbocycles. The van der Waals surface area contributed by atoms with Crippen LogP contribution in [0.3, 0.4) is 0 Å². The zero-order valence-electron chi connectivity index (χ0n) is 17.5. The number of nitrogens with two attached hydrogens (primary N) is 1. The predicted octanol–water partition coefficient (Wildman–Crippen LogP) is 4.05. The second kappa shape index (κ2) is 10.8. The van der Waals surface area contributed by atoms with E-state index >= 15 is 0 Å². The highest BCUT2D eigenvalue weighted by molar-refractivity contribution is 5.93. The van der Waals surface area contributed by atoms with E-state index in [1.807, 2.05) is 0 Å². The smallest absolute Gasteiger partial charge is 0.387 e. The van der Waals surface area contributed by atoms with Gasteiger partial charge in [0, 0.05) is 18.2 Å². The molecule has 0 spiro atoms. The van der Waals surface area contributed by atoms with Crippen LogP contribution >= 0.6 is 0 Å². The van der Waals surface area contributed by atoms with Crippen molar-refractivity contribution in [1.29, 1.82) is 0 Å². The number of hydrogen-bond donors (Lipinski definition) is 2. The molecule has 3 rings (SSSR count). The summed E-state index contributed by atoms with van der Waals surface area (Å²) in [5.41, 5.74) is 6.18. The van der Waals surface area contributed by atoms with Gasteiger partial charge in [-0.2, -0.15) is 8.78 Å². The highest BCUT2D eigenvalue weighted by Gasteiger charge is 2.21. The molecule has 33 heavy (non-hydrogen) atoms. The van der Waals surface area contributed by atoms with Gasteiger partial charge in [-0.05, 0) is 43.2 Å². The number of benzene rings is 2. The van der Waals surface area contributed by atoms with Crippen LogP contribution in [-0.2, 0) is 13.0 Å². The molecule has 11 heteroatoms. The summed E-state index contributed by atoms with van der Waals surface area (Å²) in [6.45, 7) is -1.23. The average Bonchev–Trinajstić information content (AvgIpc) is 3.21. The lowest BCUT2D eigenvalue weighted by atomic mass is 10.1. The van der Waals surface area contributed by atoms with Gasteiger partial charge in [0.25, 0.3) is 5.91 Å². The third-order valence-electron chi connectivity index (χ3n) is 4.50. The van der Waals surface area contributed by atoms with Crippen molar-refractivity contribution in [2.45, 2.75) is 26.5 Å². The van der Waals surface area contributed by atoms with Crippen LogP contribution in [0.5, 0.6) is 11.5 Å². The van der Waals surface area contributed by atoms with E-state index in [0.29, 0.717) is 5.56 Å². The van der Waals surface area contributed by atoms with E-state index in [-0.39, 0.29) is 60.5 Å². The summed E-state index contributed by atoms with van der Waals surface area (Å²) >= 11 is 0. The molecule has 3 aromatic rings. The van der Waals surface area contributed by atoms with Crippen molar-refractivity contribution in [2.75, 3.05) is 13.2 Å². The Balaban J connectivity index is 1.76. The van der Waals surface area contributed by atoms with Gasteiger partial charge in [0.15, 0.2) is 23.0 Å². The van der Waals surface area contributed by atoms with Crippen LogP contribution in [0.15, 0.2) is 40.8 Å². The molecule has 1 heterocycles. The Kier molecular flexibility index (Phi) is 7.88. The minimum Gasteiger partial charge on any atom is -0.490 e. The quantitative estimate of drug-likeness (QED) is 0.437. The van der Waals surface area contributed by atoms with Crippen LogP contribution < -0.4 is 20.5 Å². The predicted molar refractivity (Wildman–Crippen MR) is 110 cm³/mol. The van der Waals surface area contributed by atoms with Crippen molar-refractivity contribution in [3.63, 3.8) is 0 Å². The Labute approximate surface area is 186 Å². The lowest BCUT2D eigenvalue weighted by molar-refractivity contribution is -0.0514. The molecule has 0 aliphatic carbocycles. The van der Waals surface area contributed by atoms with E-state index < -0.39 is 24.2 Å².